The highest BCUT2D eigenvalue weighted by Gasteiger charge is 2.45. The zero-order valence-electron chi connectivity index (χ0n) is 12.6. The van der Waals surface area contributed by atoms with Crippen LogP contribution in [0.1, 0.15) is 50.1 Å². The number of aromatic nitrogens is 1. The summed E-state index contributed by atoms with van der Waals surface area (Å²) in [5, 5.41) is 9.94. The lowest BCUT2D eigenvalue weighted by atomic mass is 9.84. The largest absolute Gasteiger partial charge is 0.481 e. The van der Waals surface area contributed by atoms with Crippen molar-refractivity contribution in [3.8, 4) is 0 Å². The minimum absolute atomic E-state index is 0.120. The summed E-state index contributed by atoms with van der Waals surface area (Å²) < 4.78 is 1.83. The molecule has 0 aliphatic carbocycles. The van der Waals surface area contributed by atoms with Crippen LogP contribution in [0.15, 0.2) is 12.3 Å². The zero-order valence-corrected chi connectivity index (χ0v) is 13.4. The number of hydrogen-bond acceptors (Lipinski definition) is 2. The van der Waals surface area contributed by atoms with E-state index in [1.165, 1.54) is 0 Å². The molecule has 1 amide bonds. The van der Waals surface area contributed by atoms with Crippen LogP contribution in [-0.4, -0.2) is 39.5 Å². The van der Waals surface area contributed by atoms with Gasteiger partial charge in [0.25, 0.3) is 5.91 Å². The molecule has 5 nitrogen and oxygen atoms in total. The number of aliphatic carboxylic acids is 1. The number of rotatable bonds is 4. The van der Waals surface area contributed by atoms with Crippen molar-refractivity contribution in [1.29, 1.82) is 0 Å². The molecule has 1 aliphatic heterocycles. The van der Waals surface area contributed by atoms with Crippen molar-refractivity contribution >= 4 is 23.5 Å². The van der Waals surface area contributed by atoms with Gasteiger partial charge in [0.05, 0.1) is 10.4 Å². The van der Waals surface area contributed by atoms with Gasteiger partial charge in [-0.05, 0) is 32.8 Å². The van der Waals surface area contributed by atoms with Gasteiger partial charge < -0.3 is 14.6 Å². The second kappa shape index (κ2) is 5.72. The van der Waals surface area contributed by atoms with E-state index >= 15 is 0 Å². The van der Waals surface area contributed by atoms with Crippen LogP contribution >= 0.6 is 11.6 Å². The number of hydrogen-bond donors (Lipinski definition) is 1. The van der Waals surface area contributed by atoms with Crippen LogP contribution in [0.25, 0.3) is 0 Å². The average Bonchev–Trinajstić information content (AvgIpc) is 3.02. The maximum atomic E-state index is 12.7. The Morgan fingerprint density at radius 3 is 2.62 bits per heavy atom. The number of amides is 1. The third kappa shape index (κ3) is 2.79. The van der Waals surface area contributed by atoms with Crippen molar-refractivity contribution in [2.75, 3.05) is 13.1 Å². The standard InChI is InChI=1S/C15H21ClN2O3/c1-4-15(14(20)21)5-6-17(9-15)13(19)12-7-11(16)8-18(12)10(2)3/h7-8,10H,4-6,9H2,1-3H3,(H,20,21). The van der Waals surface area contributed by atoms with Gasteiger partial charge in [-0.15, -0.1) is 0 Å². The quantitative estimate of drug-likeness (QED) is 0.929. The minimum Gasteiger partial charge on any atom is -0.481 e. The molecular formula is C15H21ClN2O3. The molecule has 21 heavy (non-hydrogen) atoms. The smallest absolute Gasteiger partial charge is 0.311 e. The van der Waals surface area contributed by atoms with Gasteiger partial charge in [0.2, 0.25) is 0 Å². The van der Waals surface area contributed by atoms with Gasteiger partial charge in [-0.2, -0.15) is 0 Å². The number of carbonyl (C=O) groups excluding carboxylic acids is 1. The molecule has 0 aromatic carbocycles. The summed E-state index contributed by atoms with van der Waals surface area (Å²) in [6, 6.07) is 1.77. The molecule has 1 N–H and O–H groups in total. The third-order valence-corrected chi connectivity index (χ3v) is 4.57. The van der Waals surface area contributed by atoms with E-state index in [0.717, 1.165) is 0 Å². The van der Waals surface area contributed by atoms with E-state index < -0.39 is 11.4 Å². The van der Waals surface area contributed by atoms with Crippen LogP contribution in [0.4, 0.5) is 0 Å². The SMILES string of the molecule is CCC1(C(=O)O)CCN(C(=O)c2cc(Cl)cn2C(C)C)C1. The van der Waals surface area contributed by atoms with Gasteiger partial charge >= 0.3 is 5.97 Å². The summed E-state index contributed by atoms with van der Waals surface area (Å²) in [7, 11) is 0. The molecule has 1 aromatic heterocycles. The summed E-state index contributed by atoms with van der Waals surface area (Å²) in [5.74, 6) is -0.968. The minimum atomic E-state index is -0.822. The summed E-state index contributed by atoms with van der Waals surface area (Å²) in [6.07, 6.45) is 2.76. The molecule has 1 unspecified atom stereocenters. The van der Waals surface area contributed by atoms with Crippen LogP contribution < -0.4 is 0 Å². The van der Waals surface area contributed by atoms with E-state index in [9.17, 15) is 14.7 Å². The van der Waals surface area contributed by atoms with Gasteiger partial charge in [0, 0.05) is 25.3 Å². The second-order valence-electron chi connectivity index (χ2n) is 5.96. The van der Waals surface area contributed by atoms with Crippen molar-refractivity contribution in [1.82, 2.24) is 9.47 Å². The maximum Gasteiger partial charge on any atom is 0.311 e. The van der Waals surface area contributed by atoms with Crippen molar-refractivity contribution in [3.63, 3.8) is 0 Å². The molecule has 0 spiro atoms. The van der Waals surface area contributed by atoms with Gasteiger partial charge in [-0.25, -0.2) is 0 Å². The topological polar surface area (TPSA) is 62.5 Å². The Labute approximate surface area is 129 Å². The summed E-state index contributed by atoms with van der Waals surface area (Å²) in [4.78, 5) is 25.8. The first-order valence-electron chi connectivity index (χ1n) is 7.21. The van der Waals surface area contributed by atoms with E-state index in [1.54, 1.807) is 17.2 Å². The molecule has 2 rings (SSSR count). The van der Waals surface area contributed by atoms with E-state index in [1.807, 2.05) is 25.3 Å². The lowest BCUT2D eigenvalue weighted by Crippen LogP contribution is -2.37. The highest BCUT2D eigenvalue weighted by molar-refractivity contribution is 6.31. The molecule has 1 aliphatic rings. The van der Waals surface area contributed by atoms with Gasteiger partial charge in [-0.3, -0.25) is 9.59 Å². The lowest BCUT2D eigenvalue weighted by Gasteiger charge is -2.23. The monoisotopic (exact) mass is 312 g/mol. The van der Waals surface area contributed by atoms with E-state index in [0.29, 0.717) is 30.1 Å². The van der Waals surface area contributed by atoms with Crippen LogP contribution in [0, 0.1) is 5.41 Å². The summed E-state index contributed by atoms with van der Waals surface area (Å²) in [6.45, 7) is 6.55. The first-order chi connectivity index (χ1) is 9.80. The molecule has 0 saturated carbocycles. The van der Waals surface area contributed by atoms with Crippen LogP contribution in [0.3, 0.4) is 0 Å². The lowest BCUT2D eigenvalue weighted by molar-refractivity contribution is -0.148. The number of halogens is 1. The molecule has 6 heteroatoms. The fourth-order valence-corrected chi connectivity index (χ4v) is 3.07. The molecule has 1 aromatic rings. The van der Waals surface area contributed by atoms with Crippen molar-refractivity contribution in [2.24, 2.45) is 5.41 Å². The van der Waals surface area contributed by atoms with Crippen LogP contribution in [-0.2, 0) is 4.79 Å². The fourth-order valence-electron chi connectivity index (χ4n) is 2.87. The molecule has 2 heterocycles. The molecule has 1 fully saturated rings. The molecular weight excluding hydrogens is 292 g/mol. The molecule has 0 radical (unpaired) electrons. The number of carboxylic acids is 1. The first-order valence-corrected chi connectivity index (χ1v) is 7.58. The predicted octanol–water partition coefficient (Wildman–Crippen LogP) is 3.05. The average molecular weight is 313 g/mol. The van der Waals surface area contributed by atoms with Gasteiger partial charge in [0.1, 0.15) is 5.69 Å². The Bertz CT molecular complexity index is 567. The Hall–Kier alpha value is -1.49. The number of carboxylic acid groups (broad SMARTS) is 1. The van der Waals surface area contributed by atoms with Crippen LogP contribution in [0.5, 0.6) is 0 Å². The van der Waals surface area contributed by atoms with E-state index in [-0.39, 0.29) is 18.5 Å². The molecule has 0 bridgehead atoms. The normalized spacial score (nSPS) is 22.0. The molecule has 116 valence electrons. The van der Waals surface area contributed by atoms with Crippen molar-refractivity contribution in [3.05, 3.63) is 23.0 Å². The third-order valence-electron chi connectivity index (χ3n) is 4.36. The maximum absolute atomic E-state index is 12.7. The number of carbonyl (C=O) groups is 2. The molecule has 1 atom stereocenters. The summed E-state index contributed by atoms with van der Waals surface area (Å²) in [5.41, 5.74) is -0.290. The number of likely N-dealkylation sites (tertiary alicyclic amines) is 1. The van der Waals surface area contributed by atoms with Gasteiger partial charge in [-0.1, -0.05) is 18.5 Å². The van der Waals surface area contributed by atoms with Gasteiger partial charge in [0.15, 0.2) is 0 Å². The van der Waals surface area contributed by atoms with Crippen molar-refractivity contribution in [2.45, 2.75) is 39.7 Å². The first kappa shape index (κ1) is 15.9. The van der Waals surface area contributed by atoms with E-state index in [2.05, 4.69) is 0 Å². The predicted molar refractivity (Wildman–Crippen MR) is 80.7 cm³/mol. The Morgan fingerprint density at radius 1 is 1.48 bits per heavy atom. The summed E-state index contributed by atoms with van der Waals surface area (Å²) >= 11 is 6.01. The zero-order chi connectivity index (χ0) is 15.8. The second-order valence-corrected chi connectivity index (χ2v) is 6.40. The fraction of sp³-hybridized carbons (Fsp3) is 0.600. The Morgan fingerprint density at radius 2 is 2.14 bits per heavy atom. The van der Waals surface area contributed by atoms with E-state index in [4.69, 9.17) is 11.6 Å². The Kier molecular flexibility index (Phi) is 4.33. The van der Waals surface area contributed by atoms with Crippen molar-refractivity contribution < 1.29 is 14.7 Å². The molecule has 1 saturated heterocycles. The highest BCUT2D eigenvalue weighted by Crippen LogP contribution is 2.35. The Balaban J connectivity index is 2.25. The highest BCUT2D eigenvalue weighted by atomic mass is 35.5. The van der Waals surface area contributed by atoms with Crippen LogP contribution in [0.2, 0.25) is 5.02 Å². The number of nitrogens with zero attached hydrogens (tertiary/aromatic N) is 2.